The molecule has 2 saturated heterocycles. The summed E-state index contributed by atoms with van der Waals surface area (Å²) >= 11 is 0. The highest BCUT2D eigenvalue weighted by atomic mass is 16.8. The molecule has 22 heavy (non-hydrogen) atoms. The van der Waals surface area contributed by atoms with Crippen molar-refractivity contribution >= 4 is 5.97 Å². The van der Waals surface area contributed by atoms with E-state index in [1.807, 2.05) is 58.0 Å². The zero-order valence-corrected chi connectivity index (χ0v) is 13.5. The van der Waals surface area contributed by atoms with Gasteiger partial charge in [0.25, 0.3) is 0 Å². The van der Waals surface area contributed by atoms with Crippen LogP contribution in [-0.2, 0) is 25.7 Å². The fraction of sp³-hybridized carbons (Fsp3) is 0.588. The summed E-state index contributed by atoms with van der Waals surface area (Å²) in [5, 5.41) is 1.74. The quantitative estimate of drug-likeness (QED) is 0.859. The molecule has 0 unspecified atom stereocenters. The maximum atomic E-state index is 12.3. The van der Waals surface area contributed by atoms with E-state index in [4.69, 9.17) is 14.3 Å². The van der Waals surface area contributed by atoms with Crippen LogP contribution < -0.4 is 0 Å². The minimum absolute atomic E-state index is 0.179. The van der Waals surface area contributed by atoms with Gasteiger partial charge in [-0.2, -0.15) is 0 Å². The van der Waals surface area contributed by atoms with E-state index in [0.717, 1.165) is 5.56 Å². The Labute approximate surface area is 131 Å². The zero-order chi connectivity index (χ0) is 16.0. The van der Waals surface area contributed by atoms with Crippen LogP contribution >= 0.6 is 0 Å². The third-order valence-electron chi connectivity index (χ3n) is 4.34. The molecule has 5 nitrogen and oxygen atoms in total. The van der Waals surface area contributed by atoms with Gasteiger partial charge in [0.05, 0.1) is 24.6 Å². The molecule has 2 heterocycles. The summed E-state index contributed by atoms with van der Waals surface area (Å²) in [6.07, 6.45) is -0.194. The molecule has 120 valence electrons. The van der Waals surface area contributed by atoms with Gasteiger partial charge in [-0.25, -0.2) is 4.79 Å². The van der Waals surface area contributed by atoms with E-state index in [1.165, 1.54) is 0 Å². The van der Waals surface area contributed by atoms with Crippen LogP contribution in [0, 0.1) is 5.41 Å². The topological polar surface area (TPSA) is 48.0 Å². The van der Waals surface area contributed by atoms with Crippen LogP contribution in [0.3, 0.4) is 0 Å². The van der Waals surface area contributed by atoms with Crippen LogP contribution in [0.1, 0.15) is 33.3 Å². The third kappa shape index (κ3) is 2.76. The zero-order valence-electron chi connectivity index (χ0n) is 13.5. The second kappa shape index (κ2) is 5.33. The van der Waals surface area contributed by atoms with E-state index in [1.54, 1.807) is 5.06 Å². The average Bonchev–Trinajstić information content (AvgIpc) is 2.89. The number of hydrogen-bond donors (Lipinski definition) is 0. The molecular weight excluding hydrogens is 282 g/mol. The molecule has 0 aromatic heterocycles. The van der Waals surface area contributed by atoms with Crippen LogP contribution in [0.5, 0.6) is 0 Å². The number of benzene rings is 1. The highest BCUT2D eigenvalue weighted by molar-refractivity contribution is 5.78. The van der Waals surface area contributed by atoms with E-state index in [0.29, 0.717) is 13.2 Å². The van der Waals surface area contributed by atoms with Gasteiger partial charge in [0, 0.05) is 0 Å². The monoisotopic (exact) mass is 305 g/mol. The second-order valence-electron chi connectivity index (χ2n) is 6.97. The van der Waals surface area contributed by atoms with Gasteiger partial charge in [0.2, 0.25) is 0 Å². The molecule has 2 atom stereocenters. The van der Waals surface area contributed by atoms with Gasteiger partial charge < -0.3 is 14.3 Å². The minimum Gasteiger partial charge on any atom is -0.367 e. The number of carbonyl (C=O) groups is 1. The molecule has 0 aliphatic carbocycles. The Hall–Kier alpha value is -1.43. The Morgan fingerprint density at radius 1 is 1.18 bits per heavy atom. The average molecular weight is 305 g/mol. The lowest BCUT2D eigenvalue weighted by atomic mass is 9.82. The standard InChI is InChI=1S/C17H23NO4/c1-16(2)14(13-11-20-17(3,4)21-13)18(22-15(16)19)10-12-8-6-5-7-9-12/h5-9,13-14H,10-11H2,1-4H3/t13-,14+/m1/s1. The van der Waals surface area contributed by atoms with Gasteiger partial charge in [0.1, 0.15) is 6.10 Å². The van der Waals surface area contributed by atoms with Crippen molar-refractivity contribution in [3.63, 3.8) is 0 Å². The number of hydrogen-bond acceptors (Lipinski definition) is 5. The van der Waals surface area contributed by atoms with E-state index in [-0.39, 0.29) is 18.1 Å². The maximum absolute atomic E-state index is 12.3. The van der Waals surface area contributed by atoms with E-state index >= 15 is 0 Å². The predicted molar refractivity (Wildman–Crippen MR) is 80.6 cm³/mol. The Morgan fingerprint density at radius 3 is 2.45 bits per heavy atom. The number of carbonyl (C=O) groups excluding carboxylic acids is 1. The predicted octanol–water partition coefficient (Wildman–Crippen LogP) is 2.51. The summed E-state index contributed by atoms with van der Waals surface area (Å²) in [5.41, 5.74) is 0.458. The van der Waals surface area contributed by atoms with Crippen molar-refractivity contribution < 1.29 is 19.1 Å². The molecule has 5 heteroatoms. The third-order valence-corrected chi connectivity index (χ3v) is 4.34. The van der Waals surface area contributed by atoms with Gasteiger partial charge in [-0.05, 0) is 33.3 Å². The maximum Gasteiger partial charge on any atom is 0.332 e. The summed E-state index contributed by atoms with van der Waals surface area (Å²) in [6, 6.07) is 9.79. The molecule has 0 saturated carbocycles. The largest absolute Gasteiger partial charge is 0.367 e. The van der Waals surface area contributed by atoms with Crippen LogP contribution in [0.4, 0.5) is 0 Å². The Balaban J connectivity index is 1.84. The van der Waals surface area contributed by atoms with Crippen molar-refractivity contribution in [2.75, 3.05) is 6.61 Å². The van der Waals surface area contributed by atoms with Gasteiger partial charge in [-0.1, -0.05) is 30.3 Å². The summed E-state index contributed by atoms with van der Waals surface area (Å²) in [7, 11) is 0. The van der Waals surface area contributed by atoms with Gasteiger partial charge >= 0.3 is 5.97 Å². The van der Waals surface area contributed by atoms with Crippen molar-refractivity contribution in [3.8, 4) is 0 Å². The van der Waals surface area contributed by atoms with Gasteiger partial charge in [0.15, 0.2) is 5.79 Å². The summed E-state index contributed by atoms with van der Waals surface area (Å²) in [4.78, 5) is 17.8. The smallest absolute Gasteiger partial charge is 0.332 e. The van der Waals surface area contributed by atoms with E-state index in [9.17, 15) is 4.79 Å². The Bertz CT molecular complexity index is 555. The van der Waals surface area contributed by atoms with Crippen LogP contribution in [0.2, 0.25) is 0 Å². The first-order valence-corrected chi connectivity index (χ1v) is 7.64. The van der Waals surface area contributed by atoms with E-state index < -0.39 is 11.2 Å². The van der Waals surface area contributed by atoms with Crippen molar-refractivity contribution in [1.82, 2.24) is 5.06 Å². The normalized spacial score (nSPS) is 30.5. The first-order chi connectivity index (χ1) is 10.3. The fourth-order valence-electron chi connectivity index (χ4n) is 3.18. The van der Waals surface area contributed by atoms with Crippen LogP contribution in [0.25, 0.3) is 0 Å². The van der Waals surface area contributed by atoms with Crippen molar-refractivity contribution in [2.45, 2.75) is 52.2 Å². The molecule has 0 amide bonds. The number of ether oxygens (including phenoxy) is 2. The van der Waals surface area contributed by atoms with Crippen molar-refractivity contribution in [2.24, 2.45) is 5.41 Å². The first-order valence-electron chi connectivity index (χ1n) is 7.64. The van der Waals surface area contributed by atoms with E-state index in [2.05, 4.69) is 0 Å². The number of nitrogens with zero attached hydrogens (tertiary/aromatic N) is 1. The summed E-state index contributed by atoms with van der Waals surface area (Å²) in [5.74, 6) is -0.841. The lowest BCUT2D eigenvalue weighted by molar-refractivity contribution is -0.191. The van der Waals surface area contributed by atoms with Crippen LogP contribution in [0.15, 0.2) is 30.3 Å². The first kappa shape index (κ1) is 15.5. The van der Waals surface area contributed by atoms with Crippen molar-refractivity contribution in [1.29, 1.82) is 0 Å². The number of rotatable bonds is 3. The highest BCUT2D eigenvalue weighted by Gasteiger charge is 2.56. The molecule has 2 fully saturated rings. The van der Waals surface area contributed by atoms with Crippen molar-refractivity contribution in [3.05, 3.63) is 35.9 Å². The summed E-state index contributed by atoms with van der Waals surface area (Å²) < 4.78 is 11.7. The lowest BCUT2D eigenvalue weighted by Crippen LogP contribution is -2.47. The summed E-state index contributed by atoms with van der Waals surface area (Å²) in [6.45, 7) is 8.58. The molecule has 2 aliphatic heterocycles. The molecule has 0 spiro atoms. The SMILES string of the molecule is CC1(C)OC[C@H]([C@@H]2N(Cc3ccccc3)OC(=O)C2(C)C)O1. The minimum atomic E-state index is -0.636. The second-order valence-corrected chi connectivity index (χ2v) is 6.97. The Morgan fingerprint density at radius 2 is 1.86 bits per heavy atom. The molecule has 0 N–H and O–H groups in total. The Kier molecular flexibility index (Phi) is 3.75. The fourth-order valence-corrected chi connectivity index (χ4v) is 3.18. The molecule has 2 aliphatic rings. The molecule has 1 aromatic carbocycles. The molecular formula is C17H23NO4. The molecule has 1 aromatic rings. The molecule has 0 radical (unpaired) electrons. The van der Waals surface area contributed by atoms with Gasteiger partial charge in [-0.15, -0.1) is 5.06 Å². The lowest BCUT2D eigenvalue weighted by Gasteiger charge is -2.31. The van der Waals surface area contributed by atoms with Crippen LogP contribution in [-0.4, -0.2) is 35.6 Å². The van der Waals surface area contributed by atoms with Gasteiger partial charge in [-0.3, -0.25) is 0 Å². The molecule has 3 rings (SSSR count). The highest BCUT2D eigenvalue weighted by Crippen LogP contribution is 2.41. The number of hydroxylamine groups is 2. The molecule has 0 bridgehead atoms.